The van der Waals surface area contributed by atoms with Crippen molar-refractivity contribution >= 4 is 32.9 Å². The minimum atomic E-state index is -1.19. The lowest BCUT2D eigenvalue weighted by atomic mass is 10.1. The quantitative estimate of drug-likeness (QED) is 0.823. The van der Waals surface area contributed by atoms with Gasteiger partial charge in [0, 0.05) is 5.39 Å². The highest BCUT2D eigenvalue weighted by Gasteiger charge is 2.16. The molecule has 1 aromatic heterocycles. The molecule has 4 nitrogen and oxygen atoms in total. The zero-order valence-corrected chi connectivity index (χ0v) is 8.41. The Kier molecular flexibility index (Phi) is 1.96. The predicted octanol–water partition coefficient (Wildman–Crippen LogP) is 2.60. The Balaban J connectivity index is 2.87. The number of carboxylic acids is 1. The lowest BCUT2D eigenvalue weighted by Gasteiger charge is -2.02. The summed E-state index contributed by atoms with van der Waals surface area (Å²) in [6.07, 6.45) is 1.43. The van der Waals surface area contributed by atoms with Crippen molar-refractivity contribution in [2.45, 2.75) is 0 Å². The van der Waals surface area contributed by atoms with E-state index in [-0.39, 0.29) is 11.3 Å². The summed E-state index contributed by atoms with van der Waals surface area (Å²) in [5.74, 6) is -1.48. The van der Waals surface area contributed by atoms with Crippen molar-refractivity contribution in [1.82, 2.24) is 0 Å². The van der Waals surface area contributed by atoms with Crippen molar-refractivity contribution in [3.8, 4) is 5.75 Å². The molecular weight excluding hydrogens is 252 g/mol. The maximum absolute atomic E-state index is 10.7. The second-order valence-corrected chi connectivity index (χ2v) is 3.52. The fourth-order valence-electron chi connectivity index (χ4n) is 1.22. The molecule has 0 radical (unpaired) electrons. The van der Waals surface area contributed by atoms with Crippen LogP contribution in [0.5, 0.6) is 5.75 Å². The molecule has 0 fully saturated rings. The van der Waals surface area contributed by atoms with Gasteiger partial charge in [-0.25, -0.2) is 4.79 Å². The van der Waals surface area contributed by atoms with Crippen LogP contribution in [0.2, 0.25) is 0 Å². The molecule has 2 N–H and O–H groups in total. The SMILES string of the molecule is O=C(O)c1cc2occc2c(Br)c1O. The number of aromatic carboxylic acids is 1. The molecule has 1 heterocycles. The summed E-state index contributed by atoms with van der Waals surface area (Å²) in [5.41, 5.74) is 0.242. The molecule has 0 aliphatic heterocycles. The average Bonchev–Trinajstić information content (AvgIpc) is 2.58. The van der Waals surface area contributed by atoms with Gasteiger partial charge in [0.05, 0.1) is 10.7 Å². The van der Waals surface area contributed by atoms with Crippen LogP contribution in [0.15, 0.2) is 27.3 Å². The molecule has 1 aromatic carbocycles. The molecule has 0 spiro atoms. The Morgan fingerprint density at radius 3 is 2.86 bits per heavy atom. The van der Waals surface area contributed by atoms with E-state index >= 15 is 0 Å². The van der Waals surface area contributed by atoms with Gasteiger partial charge in [-0.05, 0) is 28.1 Å². The van der Waals surface area contributed by atoms with Crippen LogP contribution in [0.3, 0.4) is 0 Å². The van der Waals surface area contributed by atoms with Gasteiger partial charge in [-0.2, -0.15) is 0 Å². The summed E-state index contributed by atoms with van der Waals surface area (Å²) < 4.78 is 5.37. The van der Waals surface area contributed by atoms with Crippen molar-refractivity contribution in [3.05, 3.63) is 28.4 Å². The number of phenols is 1. The number of hydrogen-bond donors (Lipinski definition) is 2. The van der Waals surface area contributed by atoms with Gasteiger partial charge < -0.3 is 14.6 Å². The maximum Gasteiger partial charge on any atom is 0.339 e. The van der Waals surface area contributed by atoms with E-state index in [1.807, 2.05) is 0 Å². The van der Waals surface area contributed by atoms with Crippen LogP contribution in [-0.2, 0) is 0 Å². The third kappa shape index (κ3) is 1.17. The van der Waals surface area contributed by atoms with E-state index in [0.29, 0.717) is 15.4 Å². The Hall–Kier alpha value is -1.49. The molecule has 0 aliphatic rings. The smallest absolute Gasteiger partial charge is 0.339 e. The first-order valence-corrected chi connectivity index (χ1v) is 4.52. The highest BCUT2D eigenvalue weighted by molar-refractivity contribution is 9.10. The van der Waals surface area contributed by atoms with E-state index in [1.54, 1.807) is 6.07 Å². The van der Waals surface area contributed by atoms with Gasteiger partial charge in [-0.1, -0.05) is 0 Å². The summed E-state index contributed by atoms with van der Waals surface area (Å²) >= 11 is 3.11. The first kappa shape index (κ1) is 9.08. The molecular formula is C9H5BrO4. The molecule has 0 bridgehead atoms. The van der Waals surface area contributed by atoms with Gasteiger partial charge in [0.25, 0.3) is 0 Å². The second-order valence-electron chi connectivity index (χ2n) is 2.72. The van der Waals surface area contributed by atoms with E-state index in [4.69, 9.17) is 9.52 Å². The number of carboxylic acid groups (broad SMARTS) is 1. The Bertz CT molecular complexity index is 515. The molecule has 0 amide bonds. The zero-order chi connectivity index (χ0) is 10.3. The summed E-state index contributed by atoms with van der Waals surface area (Å²) in [6, 6.07) is 2.93. The predicted molar refractivity (Wildman–Crippen MR) is 52.5 cm³/mol. The van der Waals surface area contributed by atoms with Crippen molar-refractivity contribution < 1.29 is 19.4 Å². The number of carbonyl (C=O) groups is 1. The Morgan fingerprint density at radius 2 is 2.21 bits per heavy atom. The number of hydrogen-bond acceptors (Lipinski definition) is 3. The Morgan fingerprint density at radius 1 is 1.50 bits per heavy atom. The van der Waals surface area contributed by atoms with Crippen LogP contribution in [0.4, 0.5) is 0 Å². The molecule has 5 heteroatoms. The van der Waals surface area contributed by atoms with Gasteiger partial charge in [0.2, 0.25) is 0 Å². The first-order chi connectivity index (χ1) is 6.61. The van der Waals surface area contributed by atoms with Crippen LogP contribution >= 0.6 is 15.9 Å². The van der Waals surface area contributed by atoms with E-state index < -0.39 is 5.97 Å². The van der Waals surface area contributed by atoms with Gasteiger partial charge in [0.15, 0.2) is 0 Å². The largest absolute Gasteiger partial charge is 0.506 e. The normalized spacial score (nSPS) is 10.6. The first-order valence-electron chi connectivity index (χ1n) is 3.73. The summed E-state index contributed by atoms with van der Waals surface area (Å²) in [7, 11) is 0. The number of rotatable bonds is 1. The van der Waals surface area contributed by atoms with Gasteiger partial charge in [0.1, 0.15) is 16.9 Å². The standard InChI is InChI=1S/C9H5BrO4/c10-7-4-1-2-14-6(4)3-5(8(7)11)9(12)13/h1-3,11H,(H,12,13). The van der Waals surface area contributed by atoms with Crippen LogP contribution in [0.1, 0.15) is 10.4 Å². The van der Waals surface area contributed by atoms with E-state index in [0.717, 1.165) is 0 Å². The number of halogens is 1. The maximum atomic E-state index is 10.7. The molecule has 0 unspecified atom stereocenters. The van der Waals surface area contributed by atoms with E-state index in [2.05, 4.69) is 15.9 Å². The molecule has 0 saturated heterocycles. The minimum absolute atomic E-state index is 0.181. The Labute approximate surface area is 86.9 Å². The highest BCUT2D eigenvalue weighted by atomic mass is 79.9. The number of furan rings is 1. The minimum Gasteiger partial charge on any atom is -0.506 e. The summed E-state index contributed by atoms with van der Waals surface area (Å²) in [4.78, 5) is 10.7. The van der Waals surface area contributed by atoms with Crippen molar-refractivity contribution in [2.75, 3.05) is 0 Å². The fourth-order valence-corrected chi connectivity index (χ4v) is 1.76. The van der Waals surface area contributed by atoms with Crippen LogP contribution < -0.4 is 0 Å². The van der Waals surface area contributed by atoms with Gasteiger partial charge in [-0.15, -0.1) is 0 Å². The summed E-state index contributed by atoms with van der Waals surface area (Å²) in [5, 5.41) is 18.9. The average molecular weight is 257 g/mol. The van der Waals surface area contributed by atoms with Crippen LogP contribution in [0.25, 0.3) is 11.0 Å². The number of aromatic hydroxyl groups is 1. The summed E-state index contributed by atoms with van der Waals surface area (Å²) in [6.45, 7) is 0. The molecule has 14 heavy (non-hydrogen) atoms. The number of fused-ring (bicyclic) bond motifs is 1. The lowest BCUT2D eigenvalue weighted by molar-refractivity contribution is 0.0693. The highest BCUT2D eigenvalue weighted by Crippen LogP contribution is 2.36. The van der Waals surface area contributed by atoms with Gasteiger partial charge in [-0.3, -0.25) is 0 Å². The third-order valence-electron chi connectivity index (χ3n) is 1.90. The van der Waals surface area contributed by atoms with Crippen molar-refractivity contribution in [2.24, 2.45) is 0 Å². The van der Waals surface area contributed by atoms with Crippen LogP contribution in [-0.4, -0.2) is 16.2 Å². The second kappa shape index (κ2) is 3.02. The van der Waals surface area contributed by atoms with Crippen LogP contribution in [0, 0.1) is 0 Å². The van der Waals surface area contributed by atoms with E-state index in [9.17, 15) is 9.90 Å². The molecule has 0 aliphatic carbocycles. The third-order valence-corrected chi connectivity index (χ3v) is 2.70. The fraction of sp³-hybridized carbons (Fsp3) is 0. The number of benzene rings is 1. The van der Waals surface area contributed by atoms with E-state index in [1.165, 1.54) is 12.3 Å². The lowest BCUT2D eigenvalue weighted by Crippen LogP contribution is -1.96. The topological polar surface area (TPSA) is 70.7 Å². The monoisotopic (exact) mass is 256 g/mol. The van der Waals surface area contributed by atoms with Crippen molar-refractivity contribution in [1.29, 1.82) is 0 Å². The molecule has 2 aromatic rings. The molecule has 0 atom stereocenters. The zero-order valence-electron chi connectivity index (χ0n) is 6.82. The molecule has 0 saturated carbocycles. The van der Waals surface area contributed by atoms with Crippen molar-refractivity contribution in [3.63, 3.8) is 0 Å². The van der Waals surface area contributed by atoms with Gasteiger partial charge >= 0.3 is 5.97 Å². The molecule has 2 rings (SSSR count). The molecule has 72 valence electrons.